The van der Waals surface area contributed by atoms with Gasteiger partial charge in [0.15, 0.2) is 6.73 Å². The van der Waals surface area contributed by atoms with E-state index in [0.717, 1.165) is 29.7 Å². The summed E-state index contributed by atoms with van der Waals surface area (Å²) >= 11 is 0. The molecule has 2 heteroatoms. The smallest absolute Gasteiger partial charge is 0.182 e. The molecule has 0 fully saturated rings. The molecule has 0 aromatic carbocycles. The quantitative estimate of drug-likeness (QED) is 0.118. The van der Waals surface area contributed by atoms with Gasteiger partial charge in [-0.2, -0.15) is 0 Å². The van der Waals surface area contributed by atoms with Crippen LogP contribution in [-0.2, 0) is 4.74 Å². The summed E-state index contributed by atoms with van der Waals surface area (Å²) in [6.07, 6.45) is 19.5. The molecule has 0 aromatic rings. The number of rotatable bonds is 20. The minimum atomic E-state index is 0.807. The Kier molecular flexibility index (Phi) is 17.9. The van der Waals surface area contributed by atoms with Gasteiger partial charge >= 0.3 is 0 Å². The molecule has 0 aliphatic rings. The summed E-state index contributed by atoms with van der Waals surface area (Å²) < 4.78 is 7.02. The lowest BCUT2D eigenvalue weighted by Gasteiger charge is -2.29. The average molecular weight is 385 g/mol. The summed E-state index contributed by atoms with van der Waals surface area (Å²) in [6.45, 7) is 12.4. The second-order valence-corrected chi connectivity index (χ2v) is 10.1. The predicted molar refractivity (Wildman–Crippen MR) is 122 cm³/mol. The van der Waals surface area contributed by atoms with Gasteiger partial charge in [-0.05, 0) is 31.1 Å². The number of ether oxygens (including phenoxy) is 1. The molecule has 0 bridgehead atoms. The second-order valence-electron chi connectivity index (χ2n) is 10.1. The summed E-state index contributed by atoms with van der Waals surface area (Å²) in [4.78, 5) is 0. The van der Waals surface area contributed by atoms with E-state index in [4.69, 9.17) is 4.74 Å². The van der Waals surface area contributed by atoms with Crippen molar-refractivity contribution >= 4 is 0 Å². The van der Waals surface area contributed by atoms with Crippen LogP contribution < -0.4 is 0 Å². The van der Waals surface area contributed by atoms with Gasteiger partial charge in [0.2, 0.25) is 0 Å². The fourth-order valence-electron chi connectivity index (χ4n) is 3.71. The molecule has 0 heterocycles. The molecule has 0 N–H and O–H groups in total. The highest BCUT2D eigenvalue weighted by Gasteiger charge is 2.14. The van der Waals surface area contributed by atoms with Crippen molar-refractivity contribution in [3.8, 4) is 0 Å². The van der Waals surface area contributed by atoms with E-state index < -0.39 is 0 Å². The Morgan fingerprint density at radius 1 is 0.667 bits per heavy atom. The Morgan fingerprint density at radius 2 is 1.22 bits per heavy atom. The highest BCUT2D eigenvalue weighted by atomic mass is 16.5. The number of unbranched alkanes of at least 4 members (excludes halogenated alkanes) is 9. The molecule has 2 nitrogen and oxygen atoms in total. The Bertz CT molecular complexity index is 301. The van der Waals surface area contributed by atoms with E-state index >= 15 is 0 Å². The predicted octanol–water partition coefficient (Wildman–Crippen LogP) is 7.81. The molecule has 0 aliphatic heterocycles. The van der Waals surface area contributed by atoms with Gasteiger partial charge in [-0.15, -0.1) is 0 Å². The van der Waals surface area contributed by atoms with Crippen LogP contribution in [0.3, 0.4) is 0 Å². The zero-order valence-corrected chi connectivity index (χ0v) is 20.0. The van der Waals surface area contributed by atoms with Crippen molar-refractivity contribution in [3.05, 3.63) is 0 Å². The highest BCUT2D eigenvalue weighted by Crippen LogP contribution is 2.16. The van der Waals surface area contributed by atoms with E-state index in [1.54, 1.807) is 0 Å². The fraction of sp³-hybridized carbons (Fsp3) is 1.00. The van der Waals surface area contributed by atoms with Crippen LogP contribution in [0.1, 0.15) is 118 Å². The molecule has 0 spiro atoms. The number of nitrogens with zero attached hydrogens (tertiary/aromatic N) is 1. The summed E-state index contributed by atoms with van der Waals surface area (Å²) in [5, 5.41) is 0. The maximum absolute atomic E-state index is 6.01. The van der Waals surface area contributed by atoms with Crippen molar-refractivity contribution in [2.45, 2.75) is 118 Å². The zero-order chi connectivity index (χ0) is 20.4. The van der Waals surface area contributed by atoms with Crippen LogP contribution >= 0.6 is 0 Å². The van der Waals surface area contributed by atoms with E-state index in [0.29, 0.717) is 0 Å². The molecular weight excluding hydrogens is 330 g/mol. The number of hydrogen-bond donors (Lipinski definition) is 0. The lowest BCUT2D eigenvalue weighted by Crippen LogP contribution is -2.42. The lowest BCUT2D eigenvalue weighted by molar-refractivity contribution is -0.910. The van der Waals surface area contributed by atoms with Crippen molar-refractivity contribution in [3.63, 3.8) is 0 Å². The third kappa shape index (κ3) is 20.5. The third-order valence-corrected chi connectivity index (χ3v) is 5.79. The maximum atomic E-state index is 6.01. The number of hydrogen-bond acceptors (Lipinski definition) is 1. The van der Waals surface area contributed by atoms with Crippen LogP contribution in [-0.4, -0.2) is 38.5 Å². The summed E-state index contributed by atoms with van der Waals surface area (Å²) in [7, 11) is 4.64. The molecular formula is C25H54NO+. The van der Waals surface area contributed by atoms with Gasteiger partial charge in [-0.3, -0.25) is 0 Å². The summed E-state index contributed by atoms with van der Waals surface area (Å²) in [5.74, 6) is 1.65. The Balaban J connectivity index is 3.47. The van der Waals surface area contributed by atoms with Crippen LogP contribution in [0.15, 0.2) is 0 Å². The second kappa shape index (κ2) is 18.0. The largest absolute Gasteiger partial charge is 0.332 e. The van der Waals surface area contributed by atoms with E-state index in [2.05, 4.69) is 41.8 Å². The first kappa shape index (κ1) is 26.9. The SMILES string of the molecule is CCCCCCCCCCCC[N+](C)(C)COCCC(C)CCCC(C)C. The van der Waals surface area contributed by atoms with Crippen LogP contribution in [0.4, 0.5) is 0 Å². The van der Waals surface area contributed by atoms with Gasteiger partial charge in [0.05, 0.1) is 27.2 Å². The van der Waals surface area contributed by atoms with E-state index in [1.165, 1.54) is 96.4 Å². The highest BCUT2D eigenvalue weighted by molar-refractivity contribution is 4.55. The van der Waals surface area contributed by atoms with E-state index in [-0.39, 0.29) is 0 Å². The molecule has 0 radical (unpaired) electrons. The molecule has 0 saturated carbocycles. The van der Waals surface area contributed by atoms with Gasteiger partial charge in [-0.25, -0.2) is 0 Å². The molecule has 27 heavy (non-hydrogen) atoms. The normalized spacial score (nSPS) is 13.4. The Labute approximate surface area is 173 Å². The maximum Gasteiger partial charge on any atom is 0.182 e. The first-order valence-corrected chi connectivity index (χ1v) is 12.3. The first-order chi connectivity index (χ1) is 12.9. The number of quaternary nitrogens is 1. The molecule has 0 rings (SSSR count). The van der Waals surface area contributed by atoms with Gasteiger partial charge in [-0.1, -0.05) is 98.3 Å². The Morgan fingerprint density at radius 3 is 1.78 bits per heavy atom. The molecule has 0 amide bonds. The van der Waals surface area contributed by atoms with Crippen molar-refractivity contribution in [1.82, 2.24) is 0 Å². The van der Waals surface area contributed by atoms with Crippen LogP contribution in [0.2, 0.25) is 0 Å². The molecule has 0 aliphatic carbocycles. The summed E-state index contributed by atoms with van der Waals surface area (Å²) in [5.41, 5.74) is 0. The molecule has 1 unspecified atom stereocenters. The standard InChI is InChI=1S/C25H54NO/c1-7-8-9-10-11-12-13-14-15-16-21-26(5,6)23-27-22-20-25(4)19-17-18-24(2)3/h24-25H,7-23H2,1-6H3/q+1. The lowest BCUT2D eigenvalue weighted by atomic mass is 9.98. The van der Waals surface area contributed by atoms with Crippen molar-refractivity contribution in [2.75, 3.05) is 34.0 Å². The Hall–Kier alpha value is -0.0800. The average Bonchev–Trinajstić information content (AvgIpc) is 2.60. The van der Waals surface area contributed by atoms with Gasteiger partial charge in [0, 0.05) is 0 Å². The topological polar surface area (TPSA) is 9.23 Å². The zero-order valence-electron chi connectivity index (χ0n) is 20.0. The minimum Gasteiger partial charge on any atom is -0.332 e. The van der Waals surface area contributed by atoms with Crippen molar-refractivity contribution in [1.29, 1.82) is 0 Å². The fourth-order valence-corrected chi connectivity index (χ4v) is 3.71. The van der Waals surface area contributed by atoms with Crippen LogP contribution in [0, 0.1) is 11.8 Å². The van der Waals surface area contributed by atoms with Gasteiger partial charge < -0.3 is 9.22 Å². The molecule has 1 atom stereocenters. The summed E-state index contributed by atoms with van der Waals surface area (Å²) in [6, 6.07) is 0. The monoisotopic (exact) mass is 384 g/mol. The molecule has 0 aromatic heterocycles. The van der Waals surface area contributed by atoms with Gasteiger partial charge in [0.1, 0.15) is 0 Å². The minimum absolute atomic E-state index is 0.807. The first-order valence-electron chi connectivity index (χ1n) is 12.3. The van der Waals surface area contributed by atoms with Gasteiger partial charge in [0.25, 0.3) is 0 Å². The third-order valence-electron chi connectivity index (χ3n) is 5.79. The van der Waals surface area contributed by atoms with Crippen LogP contribution in [0.25, 0.3) is 0 Å². The van der Waals surface area contributed by atoms with Crippen LogP contribution in [0.5, 0.6) is 0 Å². The van der Waals surface area contributed by atoms with Crippen molar-refractivity contribution in [2.24, 2.45) is 11.8 Å². The molecule has 164 valence electrons. The molecule has 0 saturated heterocycles. The van der Waals surface area contributed by atoms with E-state index in [1.807, 2.05) is 0 Å². The van der Waals surface area contributed by atoms with Crippen molar-refractivity contribution < 1.29 is 9.22 Å². The van der Waals surface area contributed by atoms with E-state index in [9.17, 15) is 0 Å².